The van der Waals surface area contributed by atoms with Crippen molar-refractivity contribution in [3.8, 4) is 0 Å². The molecule has 0 spiro atoms. The van der Waals surface area contributed by atoms with E-state index in [-0.39, 0.29) is 12.4 Å². The highest BCUT2D eigenvalue weighted by Crippen LogP contribution is 2.05. The minimum Gasteiger partial charge on any atom is -0.363 e. The fraction of sp³-hybridized carbons (Fsp3) is 1.00. The van der Waals surface area contributed by atoms with E-state index in [0.717, 1.165) is 26.0 Å². The Labute approximate surface area is 105 Å². The minimum atomic E-state index is 0. The van der Waals surface area contributed by atoms with Crippen LogP contribution in [-0.2, 0) is 4.74 Å². The molecule has 0 aromatic rings. The quantitative estimate of drug-likeness (QED) is 0.783. The van der Waals surface area contributed by atoms with Gasteiger partial charge in [-0.1, -0.05) is 0 Å². The smallest absolute Gasteiger partial charge is 0.109 e. The summed E-state index contributed by atoms with van der Waals surface area (Å²) < 4.78 is 5.64. The maximum Gasteiger partial charge on any atom is 0.109 e. The molecule has 0 aromatic heterocycles. The van der Waals surface area contributed by atoms with Crippen molar-refractivity contribution in [2.24, 2.45) is 0 Å². The van der Waals surface area contributed by atoms with Crippen LogP contribution in [0.2, 0.25) is 0 Å². The highest BCUT2D eigenvalue weighted by atomic mass is 35.5. The summed E-state index contributed by atoms with van der Waals surface area (Å²) in [7, 11) is 2.20. The number of ether oxygens (including phenoxy) is 1. The third kappa shape index (κ3) is 4.55. The number of rotatable bonds is 3. The van der Waals surface area contributed by atoms with Crippen LogP contribution in [0.1, 0.15) is 12.8 Å². The Morgan fingerprint density at radius 2 is 2.00 bits per heavy atom. The van der Waals surface area contributed by atoms with Gasteiger partial charge < -0.3 is 14.5 Å². The van der Waals surface area contributed by atoms with E-state index in [1.165, 1.54) is 32.7 Å². The average molecular weight is 250 g/mol. The number of nitrogens with zero attached hydrogens (tertiary/aromatic N) is 2. The summed E-state index contributed by atoms with van der Waals surface area (Å²) in [6.07, 6.45) is 2.59. The van der Waals surface area contributed by atoms with Crippen molar-refractivity contribution in [2.75, 3.05) is 52.9 Å². The van der Waals surface area contributed by atoms with Gasteiger partial charge in [-0.15, -0.1) is 12.4 Å². The van der Waals surface area contributed by atoms with Gasteiger partial charge in [0.2, 0.25) is 0 Å². The molecule has 1 unspecified atom stereocenters. The Hall–Kier alpha value is 0.130. The predicted molar refractivity (Wildman–Crippen MR) is 68.2 cm³/mol. The molecule has 16 heavy (non-hydrogen) atoms. The standard InChI is InChI=1S/C11H23N3O.ClH/c1-13-6-8-14(9-7-13)5-3-11-12-4-2-10-15-11;/h11-12H,2-10H2,1H3;1H. The Kier molecular flexibility index (Phi) is 6.61. The van der Waals surface area contributed by atoms with E-state index >= 15 is 0 Å². The molecule has 2 aliphatic rings. The number of piperazine rings is 1. The monoisotopic (exact) mass is 249 g/mol. The van der Waals surface area contributed by atoms with Crippen LogP contribution in [0.3, 0.4) is 0 Å². The molecule has 2 rings (SSSR count). The highest BCUT2D eigenvalue weighted by Gasteiger charge is 2.17. The Bertz CT molecular complexity index is 180. The van der Waals surface area contributed by atoms with Crippen molar-refractivity contribution < 1.29 is 4.74 Å². The van der Waals surface area contributed by atoms with Gasteiger partial charge in [-0.25, -0.2) is 0 Å². The summed E-state index contributed by atoms with van der Waals surface area (Å²) in [4.78, 5) is 4.94. The molecule has 2 saturated heterocycles. The van der Waals surface area contributed by atoms with Crippen molar-refractivity contribution in [1.82, 2.24) is 15.1 Å². The van der Waals surface area contributed by atoms with Gasteiger partial charge in [0, 0.05) is 39.3 Å². The molecule has 0 amide bonds. The third-order valence-electron chi connectivity index (χ3n) is 3.32. The fourth-order valence-corrected chi connectivity index (χ4v) is 2.18. The predicted octanol–water partition coefficient (Wildman–Crippen LogP) is 0.382. The van der Waals surface area contributed by atoms with E-state index in [9.17, 15) is 0 Å². The Morgan fingerprint density at radius 3 is 2.62 bits per heavy atom. The summed E-state index contributed by atoms with van der Waals surface area (Å²) in [6.45, 7) is 8.06. The molecule has 4 nitrogen and oxygen atoms in total. The first kappa shape index (κ1) is 14.2. The van der Waals surface area contributed by atoms with E-state index < -0.39 is 0 Å². The molecule has 1 N–H and O–H groups in total. The van der Waals surface area contributed by atoms with Crippen molar-refractivity contribution in [1.29, 1.82) is 0 Å². The molecule has 0 radical (unpaired) electrons. The molecule has 2 aliphatic heterocycles. The van der Waals surface area contributed by atoms with Crippen LogP contribution in [0.5, 0.6) is 0 Å². The van der Waals surface area contributed by atoms with Gasteiger partial charge in [-0.3, -0.25) is 5.32 Å². The second-order valence-corrected chi connectivity index (χ2v) is 4.60. The molecule has 5 heteroatoms. The first-order valence-corrected chi connectivity index (χ1v) is 6.10. The lowest BCUT2D eigenvalue weighted by Gasteiger charge is -2.33. The van der Waals surface area contributed by atoms with Gasteiger partial charge in [0.25, 0.3) is 0 Å². The van der Waals surface area contributed by atoms with Crippen LogP contribution in [0.15, 0.2) is 0 Å². The van der Waals surface area contributed by atoms with Crippen molar-refractivity contribution >= 4 is 12.4 Å². The molecular weight excluding hydrogens is 226 g/mol. The third-order valence-corrected chi connectivity index (χ3v) is 3.32. The molecule has 0 saturated carbocycles. The zero-order chi connectivity index (χ0) is 10.5. The number of likely N-dealkylation sites (N-methyl/N-ethyl adjacent to an activating group) is 1. The molecule has 0 aliphatic carbocycles. The molecule has 0 aromatic carbocycles. The second kappa shape index (κ2) is 7.45. The summed E-state index contributed by atoms with van der Waals surface area (Å²) >= 11 is 0. The first-order chi connectivity index (χ1) is 7.34. The van der Waals surface area contributed by atoms with E-state index in [2.05, 4.69) is 22.2 Å². The van der Waals surface area contributed by atoms with Gasteiger partial charge in [0.1, 0.15) is 6.23 Å². The molecule has 96 valence electrons. The molecule has 2 fully saturated rings. The number of hydrogen-bond acceptors (Lipinski definition) is 4. The van der Waals surface area contributed by atoms with Crippen LogP contribution in [0, 0.1) is 0 Å². The van der Waals surface area contributed by atoms with Crippen LogP contribution in [0.4, 0.5) is 0 Å². The SMILES string of the molecule is CN1CCN(CCC2NCCCO2)CC1.Cl. The zero-order valence-corrected chi connectivity index (χ0v) is 11.0. The summed E-state index contributed by atoms with van der Waals surface area (Å²) in [5, 5.41) is 3.41. The first-order valence-electron chi connectivity index (χ1n) is 6.10. The lowest BCUT2D eigenvalue weighted by atomic mass is 10.2. The summed E-state index contributed by atoms with van der Waals surface area (Å²) in [5.74, 6) is 0. The van der Waals surface area contributed by atoms with E-state index in [1.54, 1.807) is 0 Å². The van der Waals surface area contributed by atoms with Crippen LogP contribution in [-0.4, -0.2) is 69.0 Å². The fourth-order valence-electron chi connectivity index (χ4n) is 2.18. The molecule has 1 atom stereocenters. The average Bonchev–Trinajstić information content (AvgIpc) is 2.30. The van der Waals surface area contributed by atoms with Crippen molar-refractivity contribution in [2.45, 2.75) is 19.1 Å². The maximum absolute atomic E-state index is 5.64. The minimum absolute atomic E-state index is 0. The van der Waals surface area contributed by atoms with Crippen molar-refractivity contribution in [3.05, 3.63) is 0 Å². The zero-order valence-electron chi connectivity index (χ0n) is 10.2. The summed E-state index contributed by atoms with van der Waals surface area (Å²) in [6, 6.07) is 0. The maximum atomic E-state index is 5.64. The largest absolute Gasteiger partial charge is 0.363 e. The Morgan fingerprint density at radius 1 is 1.25 bits per heavy atom. The number of halogens is 1. The molecule has 2 heterocycles. The van der Waals surface area contributed by atoms with Gasteiger partial charge in [-0.05, 0) is 26.4 Å². The highest BCUT2D eigenvalue weighted by molar-refractivity contribution is 5.85. The van der Waals surface area contributed by atoms with Gasteiger partial charge >= 0.3 is 0 Å². The lowest BCUT2D eigenvalue weighted by Crippen LogP contribution is -2.47. The summed E-state index contributed by atoms with van der Waals surface area (Å²) in [5.41, 5.74) is 0. The van der Waals surface area contributed by atoms with Crippen LogP contribution in [0.25, 0.3) is 0 Å². The van der Waals surface area contributed by atoms with E-state index in [1.807, 2.05) is 0 Å². The molecular formula is C11H24ClN3O. The van der Waals surface area contributed by atoms with Crippen molar-refractivity contribution in [3.63, 3.8) is 0 Å². The van der Waals surface area contributed by atoms with E-state index in [0.29, 0.717) is 6.23 Å². The Balaban J connectivity index is 0.00000128. The van der Waals surface area contributed by atoms with Crippen LogP contribution < -0.4 is 5.32 Å². The normalized spacial score (nSPS) is 28.7. The lowest BCUT2D eigenvalue weighted by molar-refractivity contribution is -0.0110. The number of hydrogen-bond donors (Lipinski definition) is 1. The number of nitrogens with one attached hydrogen (secondary N) is 1. The topological polar surface area (TPSA) is 27.7 Å². The van der Waals surface area contributed by atoms with E-state index in [4.69, 9.17) is 4.74 Å². The van der Waals surface area contributed by atoms with Crippen LogP contribution >= 0.6 is 12.4 Å². The van der Waals surface area contributed by atoms with Gasteiger partial charge in [-0.2, -0.15) is 0 Å². The van der Waals surface area contributed by atoms with Gasteiger partial charge in [0.05, 0.1) is 0 Å². The second-order valence-electron chi connectivity index (χ2n) is 4.60. The molecule has 0 bridgehead atoms. The van der Waals surface area contributed by atoms with Gasteiger partial charge in [0.15, 0.2) is 0 Å².